The van der Waals surface area contributed by atoms with Crippen LogP contribution in [0.2, 0.25) is 0 Å². The second kappa shape index (κ2) is 6.86. The van der Waals surface area contributed by atoms with Gasteiger partial charge in [0.25, 0.3) is 5.69 Å². The molecule has 6 heteroatoms. The van der Waals surface area contributed by atoms with Gasteiger partial charge >= 0.3 is 0 Å². The lowest BCUT2D eigenvalue weighted by atomic mass is 10.1. The number of nitriles is 1. The van der Waals surface area contributed by atoms with Gasteiger partial charge in [0, 0.05) is 22.6 Å². The number of nitrogens with one attached hydrogen (secondary N) is 1. The number of anilines is 1. The van der Waals surface area contributed by atoms with Crippen LogP contribution >= 0.6 is 15.9 Å². The molecule has 1 N–H and O–H groups in total. The fourth-order valence-corrected chi connectivity index (χ4v) is 2.35. The fourth-order valence-electron chi connectivity index (χ4n) is 1.99. The highest BCUT2D eigenvalue weighted by Crippen LogP contribution is 2.22. The molecule has 106 valence electrons. The van der Waals surface area contributed by atoms with E-state index in [1.807, 2.05) is 6.07 Å². The van der Waals surface area contributed by atoms with Crippen LogP contribution in [0.5, 0.6) is 0 Å². The predicted octanol–water partition coefficient (Wildman–Crippen LogP) is 3.88. The van der Waals surface area contributed by atoms with Crippen LogP contribution in [0, 0.1) is 21.4 Å². The van der Waals surface area contributed by atoms with E-state index in [0.717, 1.165) is 4.47 Å². The van der Waals surface area contributed by atoms with Crippen LogP contribution in [0.15, 0.2) is 46.9 Å². The Hall–Kier alpha value is -2.39. The number of nitrogens with zero attached hydrogens (tertiary/aromatic N) is 2. The van der Waals surface area contributed by atoms with Crippen molar-refractivity contribution in [3.63, 3.8) is 0 Å². The third kappa shape index (κ3) is 3.80. The highest BCUT2D eigenvalue weighted by molar-refractivity contribution is 9.10. The molecule has 0 amide bonds. The number of halogens is 1. The summed E-state index contributed by atoms with van der Waals surface area (Å²) in [4.78, 5) is 10.6. The summed E-state index contributed by atoms with van der Waals surface area (Å²) in [6.45, 7) is 0.510. The average Bonchev–Trinajstić information content (AvgIpc) is 2.48. The molecule has 0 heterocycles. The Bertz CT molecular complexity index is 710. The third-order valence-electron chi connectivity index (χ3n) is 3.00. The van der Waals surface area contributed by atoms with Crippen LogP contribution in [0.1, 0.15) is 11.1 Å². The van der Waals surface area contributed by atoms with Crippen LogP contribution in [-0.4, -0.2) is 11.5 Å². The molecule has 0 aromatic heterocycles. The summed E-state index contributed by atoms with van der Waals surface area (Å²) in [5.41, 5.74) is 2.05. The maximum atomic E-state index is 10.9. The molecule has 0 saturated carbocycles. The fraction of sp³-hybridized carbons (Fsp3) is 0.133. The third-order valence-corrected chi connectivity index (χ3v) is 3.49. The van der Waals surface area contributed by atoms with E-state index in [-0.39, 0.29) is 10.6 Å². The molecule has 0 radical (unpaired) electrons. The number of hydrogen-bond acceptors (Lipinski definition) is 4. The molecule has 0 unspecified atom stereocenters. The highest BCUT2D eigenvalue weighted by atomic mass is 79.9. The van der Waals surface area contributed by atoms with Gasteiger partial charge in [-0.05, 0) is 24.6 Å². The van der Waals surface area contributed by atoms with Crippen molar-refractivity contribution >= 4 is 27.3 Å². The molecule has 0 fully saturated rings. The first-order valence-electron chi connectivity index (χ1n) is 6.27. The molecule has 0 aliphatic carbocycles. The largest absolute Gasteiger partial charge is 0.384 e. The molecule has 0 saturated heterocycles. The molecule has 0 aliphatic heterocycles. The van der Waals surface area contributed by atoms with Gasteiger partial charge in [0.1, 0.15) is 6.07 Å². The van der Waals surface area contributed by atoms with Crippen molar-refractivity contribution in [3.8, 4) is 6.07 Å². The van der Waals surface area contributed by atoms with E-state index >= 15 is 0 Å². The van der Waals surface area contributed by atoms with Crippen LogP contribution in [0.3, 0.4) is 0 Å². The minimum atomic E-state index is -0.380. The Morgan fingerprint density at radius 2 is 2.05 bits per heavy atom. The zero-order valence-electron chi connectivity index (χ0n) is 11.0. The van der Waals surface area contributed by atoms with Gasteiger partial charge in [0.05, 0.1) is 16.2 Å². The van der Waals surface area contributed by atoms with Crippen molar-refractivity contribution in [2.24, 2.45) is 0 Å². The molecule has 2 rings (SSSR count). The summed E-state index contributed by atoms with van der Waals surface area (Å²) < 4.78 is 0.870. The van der Waals surface area contributed by atoms with Crippen molar-refractivity contribution in [1.29, 1.82) is 5.26 Å². The van der Waals surface area contributed by atoms with E-state index in [2.05, 4.69) is 27.3 Å². The van der Waals surface area contributed by atoms with E-state index in [9.17, 15) is 10.1 Å². The Morgan fingerprint density at radius 1 is 1.29 bits per heavy atom. The van der Waals surface area contributed by atoms with E-state index in [4.69, 9.17) is 5.26 Å². The minimum absolute atomic E-state index is 0.119. The molecule has 2 aromatic rings. The smallest absolute Gasteiger partial charge is 0.272 e. The zero-order valence-corrected chi connectivity index (χ0v) is 12.6. The molecular weight excluding hydrogens is 334 g/mol. The standard InChI is InChI=1S/C15H12BrN3O2/c16-13-6-5-12(10-17)14(9-13)18-8-7-11-3-1-2-4-15(11)19(20)21/h1-6,9,18H,7-8H2. The number of rotatable bonds is 5. The lowest BCUT2D eigenvalue weighted by Gasteiger charge is -2.09. The van der Waals surface area contributed by atoms with Crippen molar-refractivity contribution in [3.05, 3.63) is 68.2 Å². The first-order valence-corrected chi connectivity index (χ1v) is 7.07. The Balaban J connectivity index is 2.08. The zero-order chi connectivity index (χ0) is 15.2. The van der Waals surface area contributed by atoms with E-state index in [0.29, 0.717) is 29.8 Å². The Kier molecular flexibility index (Phi) is 4.90. The van der Waals surface area contributed by atoms with Crippen LogP contribution in [-0.2, 0) is 6.42 Å². The number of nitro benzene ring substituents is 1. The normalized spacial score (nSPS) is 9.90. The predicted molar refractivity (Wildman–Crippen MR) is 84.1 cm³/mol. The van der Waals surface area contributed by atoms with Gasteiger partial charge in [0.2, 0.25) is 0 Å². The molecule has 0 spiro atoms. The van der Waals surface area contributed by atoms with Gasteiger partial charge < -0.3 is 5.32 Å². The lowest BCUT2D eigenvalue weighted by Crippen LogP contribution is -2.07. The van der Waals surface area contributed by atoms with Crippen LogP contribution in [0.4, 0.5) is 11.4 Å². The van der Waals surface area contributed by atoms with Crippen molar-refractivity contribution in [2.75, 3.05) is 11.9 Å². The molecule has 0 bridgehead atoms. The average molecular weight is 346 g/mol. The lowest BCUT2D eigenvalue weighted by molar-refractivity contribution is -0.385. The number of hydrogen-bond donors (Lipinski definition) is 1. The first-order chi connectivity index (χ1) is 10.1. The van der Waals surface area contributed by atoms with Gasteiger partial charge in [0.15, 0.2) is 0 Å². The quantitative estimate of drug-likeness (QED) is 0.658. The summed E-state index contributed by atoms with van der Waals surface area (Å²) >= 11 is 3.35. The summed E-state index contributed by atoms with van der Waals surface area (Å²) in [5.74, 6) is 0. The van der Waals surface area contributed by atoms with Gasteiger partial charge in [-0.3, -0.25) is 10.1 Å². The minimum Gasteiger partial charge on any atom is -0.384 e. The van der Waals surface area contributed by atoms with Crippen molar-refractivity contribution in [2.45, 2.75) is 6.42 Å². The van der Waals surface area contributed by atoms with Gasteiger partial charge in [-0.15, -0.1) is 0 Å². The van der Waals surface area contributed by atoms with E-state index in [1.165, 1.54) is 6.07 Å². The molecule has 0 aliphatic rings. The topological polar surface area (TPSA) is 79.0 Å². The van der Waals surface area contributed by atoms with Crippen LogP contribution in [0.25, 0.3) is 0 Å². The van der Waals surface area contributed by atoms with Crippen molar-refractivity contribution < 1.29 is 4.92 Å². The second-order valence-electron chi connectivity index (χ2n) is 4.36. The SMILES string of the molecule is N#Cc1ccc(Br)cc1NCCc1ccccc1[N+](=O)[O-]. The Morgan fingerprint density at radius 3 is 2.76 bits per heavy atom. The number of nitro groups is 1. The van der Waals surface area contributed by atoms with E-state index < -0.39 is 0 Å². The molecule has 2 aromatic carbocycles. The summed E-state index contributed by atoms with van der Waals surface area (Å²) in [5, 5.41) is 23.1. The monoisotopic (exact) mass is 345 g/mol. The molecule has 21 heavy (non-hydrogen) atoms. The van der Waals surface area contributed by atoms with Gasteiger partial charge in [-0.2, -0.15) is 5.26 Å². The number of para-hydroxylation sites is 1. The number of benzene rings is 2. The maximum Gasteiger partial charge on any atom is 0.272 e. The maximum absolute atomic E-state index is 10.9. The molecule has 5 nitrogen and oxygen atoms in total. The van der Waals surface area contributed by atoms with Gasteiger partial charge in [-0.1, -0.05) is 34.1 Å². The summed E-state index contributed by atoms with van der Waals surface area (Å²) in [6, 6.07) is 14.1. The molecule has 0 atom stereocenters. The highest BCUT2D eigenvalue weighted by Gasteiger charge is 2.11. The van der Waals surface area contributed by atoms with Gasteiger partial charge in [-0.25, -0.2) is 0 Å². The second-order valence-corrected chi connectivity index (χ2v) is 5.28. The molecular formula is C15H12BrN3O2. The summed E-state index contributed by atoms with van der Waals surface area (Å²) in [7, 11) is 0. The van der Waals surface area contributed by atoms with E-state index in [1.54, 1.807) is 30.3 Å². The van der Waals surface area contributed by atoms with Crippen LogP contribution < -0.4 is 5.32 Å². The first kappa shape index (κ1) is 15.0. The Labute approximate surface area is 130 Å². The van der Waals surface area contributed by atoms with Crippen molar-refractivity contribution in [1.82, 2.24) is 0 Å². The summed E-state index contributed by atoms with van der Waals surface area (Å²) in [6.07, 6.45) is 0.508.